The number of rotatable bonds is 11. The number of hydrazone groups is 1. The molecule has 27 heavy (non-hydrogen) atoms. The van der Waals surface area contributed by atoms with Crippen molar-refractivity contribution in [1.29, 1.82) is 0 Å². The van der Waals surface area contributed by atoms with E-state index in [0.29, 0.717) is 5.70 Å². The Bertz CT molecular complexity index is 668. The van der Waals surface area contributed by atoms with E-state index in [9.17, 15) is 4.79 Å². The first-order valence-corrected chi connectivity index (χ1v) is 9.84. The first-order valence-electron chi connectivity index (χ1n) is 9.84. The van der Waals surface area contributed by atoms with E-state index in [2.05, 4.69) is 36.1 Å². The molecule has 0 unspecified atom stereocenters. The fourth-order valence-electron chi connectivity index (χ4n) is 2.63. The minimum atomic E-state index is -0.508. The zero-order chi connectivity index (χ0) is 20.3. The molecule has 0 bridgehead atoms. The van der Waals surface area contributed by atoms with E-state index in [1.54, 1.807) is 17.4 Å². The Labute approximate surface area is 165 Å². The maximum absolute atomic E-state index is 13.0. The lowest BCUT2D eigenvalue weighted by Gasteiger charge is -2.24. The van der Waals surface area contributed by atoms with Crippen molar-refractivity contribution in [2.75, 3.05) is 11.9 Å². The summed E-state index contributed by atoms with van der Waals surface area (Å²) in [5.74, 6) is 0.0194. The Morgan fingerprint density at radius 1 is 1.26 bits per heavy atom. The lowest BCUT2D eigenvalue weighted by atomic mass is 9.88. The normalized spacial score (nSPS) is 12.3. The van der Waals surface area contributed by atoms with E-state index in [1.165, 1.54) is 19.3 Å². The molecule has 0 aliphatic heterocycles. The molecule has 0 aromatic heterocycles. The number of anilines is 1. The fourth-order valence-corrected chi connectivity index (χ4v) is 2.63. The summed E-state index contributed by atoms with van der Waals surface area (Å²) < 4.78 is 0. The summed E-state index contributed by atoms with van der Waals surface area (Å²) in [6.45, 7) is 14.5. The molecule has 1 aromatic rings. The summed E-state index contributed by atoms with van der Waals surface area (Å²) >= 11 is 0. The highest BCUT2D eigenvalue weighted by atomic mass is 16.1. The van der Waals surface area contributed by atoms with Gasteiger partial charge in [0.05, 0.1) is 0 Å². The number of unbranched alkanes of at least 4 members (excludes halogenated alkanes) is 3. The summed E-state index contributed by atoms with van der Waals surface area (Å²) in [5, 5.41) is 9.27. The number of nitrogens with one attached hydrogen (secondary N) is 1. The molecule has 0 heterocycles. The van der Waals surface area contributed by atoms with Crippen LogP contribution in [0.1, 0.15) is 65.9 Å². The van der Waals surface area contributed by atoms with Crippen molar-refractivity contribution in [3.05, 3.63) is 48.3 Å². The van der Waals surface area contributed by atoms with Crippen LogP contribution in [0.25, 0.3) is 6.08 Å². The Morgan fingerprint density at radius 2 is 2.00 bits per heavy atom. The number of allylic oxidation sites excluding steroid dienone is 1. The van der Waals surface area contributed by atoms with Gasteiger partial charge >= 0.3 is 0 Å². The third-order valence-electron chi connectivity index (χ3n) is 4.12. The second kappa shape index (κ2) is 11.4. The van der Waals surface area contributed by atoms with Crippen LogP contribution in [-0.2, 0) is 4.79 Å². The molecule has 4 nitrogen and oxygen atoms in total. The van der Waals surface area contributed by atoms with Gasteiger partial charge in [-0.05, 0) is 37.1 Å². The van der Waals surface area contributed by atoms with E-state index in [4.69, 9.17) is 0 Å². The van der Waals surface area contributed by atoms with E-state index in [0.717, 1.165) is 24.2 Å². The molecule has 1 N–H and O–H groups in total. The van der Waals surface area contributed by atoms with Gasteiger partial charge in [0.15, 0.2) is 5.78 Å². The van der Waals surface area contributed by atoms with Crippen LogP contribution in [0, 0.1) is 5.41 Å². The topological polar surface area (TPSA) is 44.7 Å². The SMILES string of the molecule is C=CN(/N=C\C)/C(=C\c1cccc(NCCCCCC)c1)C(=O)C(C)(C)C. The molecule has 0 atom stereocenters. The van der Waals surface area contributed by atoms with Crippen LogP contribution in [-0.4, -0.2) is 23.6 Å². The molecule has 0 fully saturated rings. The van der Waals surface area contributed by atoms with Crippen molar-refractivity contribution in [3.63, 3.8) is 0 Å². The fraction of sp³-hybridized carbons (Fsp3) is 0.478. The molecule has 1 aromatic carbocycles. The van der Waals surface area contributed by atoms with Gasteiger partial charge < -0.3 is 5.32 Å². The molecule has 0 aliphatic carbocycles. The number of benzene rings is 1. The molecule has 1 rings (SSSR count). The average Bonchev–Trinajstić information content (AvgIpc) is 2.63. The number of hydrogen-bond donors (Lipinski definition) is 1. The van der Waals surface area contributed by atoms with E-state index in [1.807, 2.05) is 45.9 Å². The second-order valence-corrected chi connectivity index (χ2v) is 7.62. The van der Waals surface area contributed by atoms with Gasteiger partial charge in [-0.25, -0.2) is 5.01 Å². The summed E-state index contributed by atoms with van der Waals surface area (Å²) in [6, 6.07) is 8.11. The van der Waals surface area contributed by atoms with E-state index in [-0.39, 0.29) is 5.78 Å². The summed E-state index contributed by atoms with van der Waals surface area (Å²) in [7, 11) is 0. The van der Waals surface area contributed by atoms with Crippen molar-refractivity contribution >= 4 is 23.8 Å². The number of Topliss-reactive ketones (excluding diaryl/α,β-unsaturated/α-hetero) is 1. The number of nitrogens with zero attached hydrogens (tertiary/aromatic N) is 2. The molecule has 0 radical (unpaired) electrons. The third-order valence-corrected chi connectivity index (χ3v) is 4.12. The minimum absolute atomic E-state index is 0.0194. The van der Waals surface area contributed by atoms with Gasteiger partial charge in [-0.15, -0.1) is 0 Å². The van der Waals surface area contributed by atoms with Crippen LogP contribution in [0.4, 0.5) is 5.69 Å². The zero-order valence-corrected chi connectivity index (χ0v) is 17.6. The van der Waals surface area contributed by atoms with Gasteiger partial charge in [0.1, 0.15) is 5.70 Å². The van der Waals surface area contributed by atoms with Gasteiger partial charge in [0.25, 0.3) is 0 Å². The van der Waals surface area contributed by atoms with E-state index >= 15 is 0 Å². The van der Waals surface area contributed by atoms with Crippen molar-refractivity contribution in [2.24, 2.45) is 10.5 Å². The van der Waals surface area contributed by atoms with Crippen molar-refractivity contribution in [3.8, 4) is 0 Å². The van der Waals surface area contributed by atoms with Crippen LogP contribution >= 0.6 is 0 Å². The van der Waals surface area contributed by atoms with Crippen LogP contribution in [0.3, 0.4) is 0 Å². The monoisotopic (exact) mass is 369 g/mol. The molecule has 4 heteroatoms. The highest BCUT2D eigenvalue weighted by Gasteiger charge is 2.27. The number of hydrogen-bond acceptors (Lipinski definition) is 4. The van der Waals surface area contributed by atoms with Gasteiger partial charge in [-0.2, -0.15) is 5.10 Å². The average molecular weight is 370 g/mol. The first kappa shape index (κ1) is 22.7. The molecule has 0 spiro atoms. The molecule has 0 aliphatic rings. The highest BCUT2D eigenvalue weighted by molar-refractivity contribution is 6.02. The van der Waals surface area contributed by atoms with Crippen molar-refractivity contribution in [2.45, 2.75) is 60.3 Å². The van der Waals surface area contributed by atoms with Gasteiger partial charge in [0, 0.05) is 30.1 Å². The summed E-state index contributed by atoms with van der Waals surface area (Å²) in [4.78, 5) is 13.0. The van der Waals surface area contributed by atoms with Crippen molar-refractivity contribution in [1.82, 2.24) is 5.01 Å². The Kier molecular flexibility index (Phi) is 9.55. The van der Waals surface area contributed by atoms with E-state index < -0.39 is 5.41 Å². The smallest absolute Gasteiger partial charge is 0.186 e. The lowest BCUT2D eigenvalue weighted by molar-refractivity contribution is -0.123. The Balaban J connectivity index is 3.07. The predicted molar refractivity (Wildman–Crippen MR) is 118 cm³/mol. The standard InChI is InChI=1S/C23H35N3O/c1-7-10-11-12-16-24-20-15-13-14-19(17-20)18-21(22(27)23(4,5)6)26(9-3)25-8-2/h8-9,13-15,17-18,24H,3,7,10-12,16H2,1-2,4-6H3/b21-18-,25-8-. The number of carbonyl (C=O) groups is 1. The molecule has 0 saturated heterocycles. The maximum Gasteiger partial charge on any atom is 0.186 e. The van der Waals surface area contributed by atoms with Crippen molar-refractivity contribution < 1.29 is 4.79 Å². The Hall–Kier alpha value is -2.36. The predicted octanol–water partition coefficient (Wildman–Crippen LogP) is 6.09. The quantitative estimate of drug-likeness (QED) is 0.222. The molecular weight excluding hydrogens is 334 g/mol. The maximum atomic E-state index is 13.0. The summed E-state index contributed by atoms with van der Waals surface area (Å²) in [6.07, 6.45) is 10.0. The molecule has 0 amide bonds. The van der Waals surface area contributed by atoms with Gasteiger partial charge in [0.2, 0.25) is 0 Å². The van der Waals surface area contributed by atoms with Gasteiger partial charge in [-0.3, -0.25) is 4.79 Å². The highest BCUT2D eigenvalue weighted by Crippen LogP contribution is 2.25. The van der Waals surface area contributed by atoms with Crippen LogP contribution in [0.5, 0.6) is 0 Å². The number of ketones is 1. The van der Waals surface area contributed by atoms with Crippen LogP contribution in [0.2, 0.25) is 0 Å². The largest absolute Gasteiger partial charge is 0.385 e. The second-order valence-electron chi connectivity index (χ2n) is 7.62. The summed E-state index contributed by atoms with van der Waals surface area (Å²) in [5.41, 5.74) is 2.02. The lowest BCUT2D eigenvalue weighted by Crippen LogP contribution is -2.28. The molecule has 0 saturated carbocycles. The number of carbonyl (C=O) groups excluding carboxylic acids is 1. The minimum Gasteiger partial charge on any atom is -0.385 e. The van der Waals surface area contributed by atoms with Crippen LogP contribution in [0.15, 0.2) is 47.8 Å². The molecule has 148 valence electrons. The first-order chi connectivity index (χ1) is 12.8. The van der Waals surface area contributed by atoms with Crippen LogP contribution < -0.4 is 5.32 Å². The zero-order valence-electron chi connectivity index (χ0n) is 17.6. The third kappa shape index (κ3) is 7.81. The van der Waals surface area contributed by atoms with Gasteiger partial charge in [-0.1, -0.05) is 65.7 Å². The Morgan fingerprint density at radius 3 is 2.59 bits per heavy atom. The molecular formula is C23H35N3O.